The highest BCUT2D eigenvalue weighted by molar-refractivity contribution is 5.72. The average Bonchev–Trinajstić information content (AvgIpc) is 3.11. The molecule has 0 rings (SSSR count). The first kappa shape index (κ1) is 49.8. The van der Waals surface area contributed by atoms with Crippen LogP contribution in [0, 0.1) is 0 Å². The van der Waals surface area contributed by atoms with Gasteiger partial charge in [-0.25, -0.2) is 4.79 Å². The number of carboxylic acids is 1. The third-order valence-corrected chi connectivity index (χ3v) is 8.70. The number of esters is 2. The first-order valence-corrected chi connectivity index (χ1v) is 20.5. The van der Waals surface area contributed by atoms with E-state index in [1.165, 1.54) is 25.7 Å². The number of rotatable bonds is 35. The minimum atomic E-state index is -0.884. The largest absolute Gasteiger partial charge is 0.477 e. The van der Waals surface area contributed by atoms with E-state index >= 15 is 0 Å². The molecule has 0 bridgehead atoms. The number of aliphatic carboxylic acids is 1. The SMILES string of the molecule is CC/C=C/C=C/C=C/C=C/CCCCCCCC(=O)OCC(COCCC(C(=O)O)[N+](C)(C)C)OC(=O)CCCCCCCCC/C=C/C/C=C/CC. The molecular weight excluding hydrogens is 666 g/mol. The van der Waals surface area contributed by atoms with Gasteiger partial charge < -0.3 is 23.8 Å². The fourth-order valence-corrected chi connectivity index (χ4v) is 5.55. The smallest absolute Gasteiger partial charge is 0.362 e. The van der Waals surface area contributed by atoms with E-state index in [0.717, 1.165) is 83.5 Å². The molecule has 0 saturated heterocycles. The molecule has 0 heterocycles. The van der Waals surface area contributed by atoms with Crippen molar-refractivity contribution in [3.8, 4) is 0 Å². The van der Waals surface area contributed by atoms with Gasteiger partial charge in [-0.05, 0) is 57.8 Å². The van der Waals surface area contributed by atoms with Crippen molar-refractivity contribution in [3.63, 3.8) is 0 Å². The first-order valence-electron chi connectivity index (χ1n) is 20.5. The molecule has 53 heavy (non-hydrogen) atoms. The monoisotopic (exact) mass is 743 g/mol. The van der Waals surface area contributed by atoms with E-state index < -0.39 is 18.1 Å². The second-order valence-electron chi connectivity index (χ2n) is 14.6. The van der Waals surface area contributed by atoms with Gasteiger partial charge in [0.2, 0.25) is 0 Å². The molecule has 302 valence electrons. The van der Waals surface area contributed by atoms with Crippen LogP contribution < -0.4 is 0 Å². The van der Waals surface area contributed by atoms with Crippen molar-refractivity contribution in [1.82, 2.24) is 0 Å². The number of carbonyl (C=O) groups is 3. The van der Waals surface area contributed by atoms with Gasteiger partial charge in [0.1, 0.15) is 6.61 Å². The van der Waals surface area contributed by atoms with Crippen LogP contribution in [0.2, 0.25) is 0 Å². The molecule has 0 aromatic rings. The van der Waals surface area contributed by atoms with E-state index in [2.05, 4.69) is 56.4 Å². The molecule has 0 aliphatic rings. The summed E-state index contributed by atoms with van der Waals surface area (Å²) in [7, 11) is 5.50. The van der Waals surface area contributed by atoms with Crippen molar-refractivity contribution in [2.24, 2.45) is 0 Å². The Bertz CT molecular complexity index is 1100. The molecule has 0 amide bonds. The van der Waals surface area contributed by atoms with Crippen LogP contribution in [-0.2, 0) is 28.6 Å². The molecule has 0 aromatic carbocycles. The number of hydrogen-bond acceptors (Lipinski definition) is 6. The summed E-state index contributed by atoms with van der Waals surface area (Å²) >= 11 is 0. The van der Waals surface area contributed by atoms with Crippen molar-refractivity contribution in [2.75, 3.05) is 41.0 Å². The van der Waals surface area contributed by atoms with E-state index in [0.29, 0.717) is 19.3 Å². The Morgan fingerprint density at radius 1 is 0.585 bits per heavy atom. The van der Waals surface area contributed by atoms with Gasteiger partial charge in [-0.3, -0.25) is 9.59 Å². The van der Waals surface area contributed by atoms with Crippen LogP contribution in [-0.4, -0.2) is 80.6 Å². The van der Waals surface area contributed by atoms with Crippen LogP contribution in [0.15, 0.2) is 72.9 Å². The number of nitrogens with zero attached hydrogens (tertiary/aromatic N) is 1. The van der Waals surface area contributed by atoms with Crippen LogP contribution >= 0.6 is 0 Å². The predicted molar refractivity (Wildman–Crippen MR) is 220 cm³/mol. The molecule has 2 unspecified atom stereocenters. The minimum absolute atomic E-state index is 0.0460. The molecule has 2 atom stereocenters. The molecule has 0 aliphatic heterocycles. The topological polar surface area (TPSA) is 99.1 Å². The summed E-state index contributed by atoms with van der Waals surface area (Å²) in [6.45, 7) is 4.44. The van der Waals surface area contributed by atoms with E-state index in [-0.39, 0.29) is 36.2 Å². The van der Waals surface area contributed by atoms with Crippen molar-refractivity contribution in [3.05, 3.63) is 72.9 Å². The van der Waals surface area contributed by atoms with E-state index in [9.17, 15) is 19.5 Å². The maximum absolute atomic E-state index is 12.7. The van der Waals surface area contributed by atoms with Crippen LogP contribution in [0.4, 0.5) is 0 Å². The second-order valence-corrected chi connectivity index (χ2v) is 14.6. The van der Waals surface area contributed by atoms with Crippen LogP contribution in [0.3, 0.4) is 0 Å². The molecule has 8 nitrogen and oxygen atoms in total. The Morgan fingerprint density at radius 2 is 1.09 bits per heavy atom. The molecule has 0 aliphatic carbocycles. The third-order valence-electron chi connectivity index (χ3n) is 8.70. The van der Waals surface area contributed by atoms with E-state index in [1.807, 2.05) is 51.5 Å². The standard InChI is InChI=1S/C45H75NO7/c1-6-8-10-12-14-16-18-20-22-24-25-27-29-31-33-35-43(47)52-40-41(39-51-38-37-42(45(49)50)46(3,4)5)53-44(48)36-34-32-30-28-26-23-21-19-17-15-13-11-9-7-2/h8-12,14-18,20,22,41-42H,6-7,13,19,21,23-40H2,1-5H3/p+1/b10-8+,11-9+,14-12+,17-15+,18-16+,22-20+. The minimum Gasteiger partial charge on any atom is -0.477 e. The lowest BCUT2D eigenvalue weighted by Crippen LogP contribution is -2.50. The summed E-state index contributed by atoms with van der Waals surface area (Å²) in [5.74, 6) is -1.52. The van der Waals surface area contributed by atoms with Gasteiger partial charge >= 0.3 is 17.9 Å². The van der Waals surface area contributed by atoms with Gasteiger partial charge in [0.25, 0.3) is 0 Å². The number of carbonyl (C=O) groups excluding carboxylic acids is 2. The number of quaternary nitrogens is 1. The number of hydrogen-bond donors (Lipinski definition) is 1. The normalized spacial score (nSPS) is 13.8. The summed E-state index contributed by atoms with van der Waals surface area (Å²) in [6, 6.07) is -0.622. The quantitative estimate of drug-likeness (QED) is 0.0227. The lowest BCUT2D eigenvalue weighted by molar-refractivity contribution is -0.887. The van der Waals surface area contributed by atoms with Gasteiger partial charge in [0, 0.05) is 19.3 Å². The lowest BCUT2D eigenvalue weighted by Gasteiger charge is -2.31. The molecule has 0 aromatic heterocycles. The Hall–Kier alpha value is -3.23. The average molecular weight is 743 g/mol. The Morgan fingerprint density at radius 3 is 1.68 bits per heavy atom. The van der Waals surface area contributed by atoms with E-state index in [1.54, 1.807) is 0 Å². The molecule has 0 fully saturated rings. The molecule has 0 spiro atoms. The zero-order valence-corrected chi connectivity index (χ0v) is 34.2. The zero-order valence-electron chi connectivity index (χ0n) is 34.2. The van der Waals surface area contributed by atoms with Crippen molar-refractivity contribution in [2.45, 2.75) is 154 Å². The zero-order chi connectivity index (χ0) is 39.3. The first-order chi connectivity index (χ1) is 25.6. The van der Waals surface area contributed by atoms with Crippen LogP contribution in [0.25, 0.3) is 0 Å². The van der Waals surface area contributed by atoms with Gasteiger partial charge in [0.05, 0.1) is 34.4 Å². The highest BCUT2D eigenvalue weighted by Gasteiger charge is 2.31. The highest BCUT2D eigenvalue weighted by atomic mass is 16.6. The Balaban J connectivity index is 4.45. The fourth-order valence-electron chi connectivity index (χ4n) is 5.55. The fraction of sp³-hybridized carbons (Fsp3) is 0.667. The maximum atomic E-state index is 12.7. The number of carboxylic acid groups (broad SMARTS) is 1. The summed E-state index contributed by atoms with van der Waals surface area (Å²) in [4.78, 5) is 36.9. The van der Waals surface area contributed by atoms with Gasteiger partial charge in [-0.1, -0.05) is 138 Å². The Kier molecular flexibility index (Phi) is 33.6. The molecule has 0 saturated carbocycles. The third kappa shape index (κ3) is 34.3. The molecular formula is C45H76NO7+. The van der Waals surface area contributed by atoms with E-state index in [4.69, 9.17) is 14.2 Å². The van der Waals surface area contributed by atoms with Crippen LogP contribution in [0.1, 0.15) is 142 Å². The lowest BCUT2D eigenvalue weighted by atomic mass is 10.1. The van der Waals surface area contributed by atoms with Crippen molar-refractivity contribution in [1.29, 1.82) is 0 Å². The number of likely N-dealkylation sites (N-methyl/N-ethyl adjacent to an activating group) is 1. The summed E-state index contributed by atoms with van der Waals surface area (Å²) in [5, 5.41) is 9.60. The summed E-state index contributed by atoms with van der Waals surface area (Å²) in [5.41, 5.74) is 0. The van der Waals surface area contributed by atoms with Crippen molar-refractivity contribution >= 4 is 17.9 Å². The van der Waals surface area contributed by atoms with Gasteiger partial charge in [0.15, 0.2) is 12.1 Å². The highest BCUT2D eigenvalue weighted by Crippen LogP contribution is 2.13. The molecule has 8 heteroatoms. The maximum Gasteiger partial charge on any atom is 0.362 e. The summed E-state index contributed by atoms with van der Waals surface area (Å²) < 4.78 is 17.2. The Labute approximate surface area is 323 Å². The molecule has 0 radical (unpaired) electrons. The molecule has 1 N–H and O–H groups in total. The number of allylic oxidation sites excluding steroid dienone is 12. The van der Waals surface area contributed by atoms with Crippen LogP contribution in [0.5, 0.6) is 0 Å². The predicted octanol–water partition coefficient (Wildman–Crippen LogP) is 10.8. The second kappa shape index (κ2) is 35.8. The number of ether oxygens (including phenoxy) is 3. The van der Waals surface area contributed by atoms with Gasteiger partial charge in [-0.2, -0.15) is 0 Å². The number of unbranched alkanes of at least 4 members (excludes halogenated alkanes) is 12. The van der Waals surface area contributed by atoms with Crippen molar-refractivity contribution < 1.29 is 38.2 Å². The van der Waals surface area contributed by atoms with Gasteiger partial charge in [-0.15, -0.1) is 0 Å². The summed E-state index contributed by atoms with van der Waals surface area (Å²) in [6.07, 6.45) is 43.7.